The lowest BCUT2D eigenvalue weighted by molar-refractivity contribution is -0.119. The third-order valence-corrected chi connectivity index (χ3v) is 6.49. The highest BCUT2D eigenvalue weighted by molar-refractivity contribution is 7.98. The van der Waals surface area contributed by atoms with Gasteiger partial charge in [-0.05, 0) is 48.4 Å². The minimum Gasteiger partial charge on any atom is -0.354 e. The van der Waals surface area contributed by atoms with E-state index >= 15 is 0 Å². The van der Waals surface area contributed by atoms with Gasteiger partial charge in [0.05, 0.1) is 11.9 Å². The standard InChI is InChI=1S/C20H25ClN2O3S2/c1-16-7-3-4-10-19(16)23(28(2,25)26)14-20(24)22-11-6-12-27-15-17-8-5-9-18(21)13-17/h3-5,7-10,13H,6,11-12,14-15H2,1-2H3,(H,22,24). The van der Waals surface area contributed by atoms with Crippen LogP contribution in [0, 0.1) is 6.92 Å². The maximum absolute atomic E-state index is 12.2. The first-order valence-electron chi connectivity index (χ1n) is 8.89. The molecule has 152 valence electrons. The van der Waals surface area contributed by atoms with E-state index in [-0.39, 0.29) is 12.5 Å². The highest BCUT2D eigenvalue weighted by Gasteiger charge is 2.21. The van der Waals surface area contributed by atoms with Crippen molar-refractivity contribution in [2.75, 3.05) is 29.4 Å². The van der Waals surface area contributed by atoms with Crippen molar-refractivity contribution < 1.29 is 13.2 Å². The minimum absolute atomic E-state index is 0.223. The molecule has 0 aliphatic carbocycles. The van der Waals surface area contributed by atoms with Gasteiger partial charge >= 0.3 is 0 Å². The van der Waals surface area contributed by atoms with Crippen LogP contribution < -0.4 is 9.62 Å². The number of nitrogens with zero attached hydrogens (tertiary/aromatic N) is 1. The Bertz CT molecular complexity index is 904. The number of benzene rings is 2. The average molecular weight is 441 g/mol. The largest absolute Gasteiger partial charge is 0.354 e. The molecule has 1 amide bonds. The fourth-order valence-corrected chi connectivity index (χ4v) is 4.66. The van der Waals surface area contributed by atoms with Gasteiger partial charge in [-0.2, -0.15) is 11.8 Å². The number of amides is 1. The van der Waals surface area contributed by atoms with Crippen LogP contribution in [-0.4, -0.2) is 39.4 Å². The monoisotopic (exact) mass is 440 g/mol. The van der Waals surface area contributed by atoms with Crippen LogP contribution in [0.2, 0.25) is 5.02 Å². The molecule has 0 aliphatic rings. The molecule has 2 rings (SSSR count). The number of carbonyl (C=O) groups is 1. The SMILES string of the molecule is Cc1ccccc1N(CC(=O)NCCCSCc1cccc(Cl)c1)S(C)(=O)=O. The molecule has 2 aromatic carbocycles. The molecule has 0 aliphatic heterocycles. The van der Waals surface area contributed by atoms with Gasteiger partial charge in [0.2, 0.25) is 15.9 Å². The summed E-state index contributed by atoms with van der Waals surface area (Å²) in [6.45, 7) is 2.11. The molecule has 0 saturated heterocycles. The van der Waals surface area contributed by atoms with Crippen molar-refractivity contribution in [2.45, 2.75) is 19.1 Å². The molecule has 0 saturated carbocycles. The van der Waals surface area contributed by atoms with E-state index in [0.29, 0.717) is 12.2 Å². The summed E-state index contributed by atoms with van der Waals surface area (Å²) in [5, 5.41) is 3.53. The highest BCUT2D eigenvalue weighted by Crippen LogP contribution is 2.21. The van der Waals surface area contributed by atoms with Crippen molar-refractivity contribution in [3.63, 3.8) is 0 Å². The minimum atomic E-state index is -3.55. The summed E-state index contributed by atoms with van der Waals surface area (Å²) in [6.07, 6.45) is 1.92. The first-order valence-corrected chi connectivity index (χ1v) is 12.3. The molecule has 0 bridgehead atoms. The van der Waals surface area contributed by atoms with Gasteiger partial charge in [0.25, 0.3) is 0 Å². The molecule has 0 aromatic heterocycles. The molecule has 0 fully saturated rings. The van der Waals surface area contributed by atoms with Crippen molar-refractivity contribution in [3.8, 4) is 0 Å². The van der Waals surface area contributed by atoms with Gasteiger partial charge < -0.3 is 5.32 Å². The Morgan fingerprint density at radius 2 is 1.93 bits per heavy atom. The quantitative estimate of drug-likeness (QED) is 0.570. The summed E-state index contributed by atoms with van der Waals surface area (Å²) in [7, 11) is -3.55. The Morgan fingerprint density at radius 1 is 1.18 bits per heavy atom. The van der Waals surface area contributed by atoms with Crippen molar-refractivity contribution in [1.82, 2.24) is 5.32 Å². The van der Waals surface area contributed by atoms with E-state index in [0.717, 1.165) is 39.1 Å². The normalized spacial score (nSPS) is 11.2. The zero-order valence-corrected chi connectivity index (χ0v) is 18.4. The average Bonchev–Trinajstić information content (AvgIpc) is 2.62. The van der Waals surface area contributed by atoms with Crippen molar-refractivity contribution in [2.24, 2.45) is 0 Å². The van der Waals surface area contributed by atoms with Gasteiger partial charge in [-0.15, -0.1) is 0 Å². The number of nitrogens with one attached hydrogen (secondary N) is 1. The Hall–Kier alpha value is -1.70. The summed E-state index contributed by atoms with van der Waals surface area (Å²) >= 11 is 7.73. The summed E-state index contributed by atoms with van der Waals surface area (Å²) in [5.74, 6) is 1.44. The third-order valence-electron chi connectivity index (χ3n) is 4.02. The zero-order chi connectivity index (χ0) is 20.6. The Morgan fingerprint density at radius 3 is 2.61 bits per heavy atom. The number of anilines is 1. The smallest absolute Gasteiger partial charge is 0.240 e. The van der Waals surface area contributed by atoms with Crippen LogP contribution >= 0.6 is 23.4 Å². The second-order valence-corrected chi connectivity index (χ2v) is 9.89. The predicted octanol–water partition coefficient (Wildman–Crippen LogP) is 3.85. The van der Waals surface area contributed by atoms with Gasteiger partial charge in [-0.3, -0.25) is 9.10 Å². The van der Waals surface area contributed by atoms with Crippen LogP contribution in [0.5, 0.6) is 0 Å². The number of hydrogen-bond donors (Lipinski definition) is 1. The van der Waals surface area contributed by atoms with Crippen LogP contribution in [0.15, 0.2) is 48.5 Å². The number of aryl methyl sites for hydroxylation is 1. The molecule has 28 heavy (non-hydrogen) atoms. The van der Waals surface area contributed by atoms with Crippen molar-refractivity contribution >= 4 is 45.0 Å². The van der Waals surface area contributed by atoms with Gasteiger partial charge in [-0.1, -0.05) is 41.9 Å². The summed E-state index contributed by atoms with van der Waals surface area (Å²) in [4.78, 5) is 12.2. The maximum atomic E-state index is 12.2. The van der Waals surface area contributed by atoms with E-state index in [1.807, 2.05) is 43.3 Å². The number of carbonyl (C=O) groups excluding carboxylic acids is 1. The molecule has 0 atom stereocenters. The summed E-state index contributed by atoms with van der Waals surface area (Å²) in [6, 6.07) is 14.9. The highest BCUT2D eigenvalue weighted by atomic mass is 35.5. The molecule has 2 aromatic rings. The van der Waals surface area contributed by atoms with E-state index in [9.17, 15) is 13.2 Å². The number of thioether (sulfide) groups is 1. The summed E-state index contributed by atoms with van der Waals surface area (Å²) in [5.41, 5.74) is 2.50. The molecule has 8 heteroatoms. The number of rotatable bonds is 10. The van der Waals surface area contributed by atoms with E-state index in [1.54, 1.807) is 23.9 Å². The van der Waals surface area contributed by atoms with Crippen LogP contribution in [0.25, 0.3) is 0 Å². The Labute approximate surface area is 176 Å². The number of halogens is 1. The molecule has 0 heterocycles. The fraction of sp³-hybridized carbons (Fsp3) is 0.350. The van der Waals surface area contributed by atoms with Crippen molar-refractivity contribution in [3.05, 3.63) is 64.7 Å². The van der Waals surface area contributed by atoms with Crippen LogP contribution in [0.4, 0.5) is 5.69 Å². The Balaban J connectivity index is 1.76. The molecule has 0 unspecified atom stereocenters. The lowest BCUT2D eigenvalue weighted by Crippen LogP contribution is -2.41. The lowest BCUT2D eigenvalue weighted by Gasteiger charge is -2.23. The van der Waals surface area contributed by atoms with Gasteiger partial charge in [0.15, 0.2) is 0 Å². The van der Waals surface area contributed by atoms with E-state index in [2.05, 4.69) is 5.32 Å². The third kappa shape index (κ3) is 7.37. The predicted molar refractivity (Wildman–Crippen MR) is 119 cm³/mol. The molecule has 1 N–H and O–H groups in total. The van der Waals surface area contributed by atoms with Crippen LogP contribution in [-0.2, 0) is 20.6 Å². The summed E-state index contributed by atoms with van der Waals surface area (Å²) < 4.78 is 25.4. The van der Waals surface area contributed by atoms with E-state index in [1.165, 1.54) is 5.56 Å². The van der Waals surface area contributed by atoms with Crippen LogP contribution in [0.1, 0.15) is 17.5 Å². The fourth-order valence-electron chi connectivity index (χ4n) is 2.63. The number of hydrogen-bond acceptors (Lipinski definition) is 4. The second kappa shape index (κ2) is 10.7. The number of sulfonamides is 1. The maximum Gasteiger partial charge on any atom is 0.240 e. The molecule has 0 spiro atoms. The molecular formula is C20H25ClN2O3S2. The van der Waals surface area contributed by atoms with Crippen LogP contribution in [0.3, 0.4) is 0 Å². The molecule has 5 nitrogen and oxygen atoms in total. The van der Waals surface area contributed by atoms with Gasteiger partial charge in [0.1, 0.15) is 6.54 Å². The van der Waals surface area contributed by atoms with E-state index in [4.69, 9.17) is 11.6 Å². The second-order valence-electron chi connectivity index (χ2n) is 6.44. The Kier molecular flexibility index (Phi) is 8.66. The van der Waals surface area contributed by atoms with Gasteiger partial charge in [-0.25, -0.2) is 8.42 Å². The number of para-hydroxylation sites is 1. The van der Waals surface area contributed by atoms with Crippen molar-refractivity contribution in [1.29, 1.82) is 0 Å². The zero-order valence-electron chi connectivity index (χ0n) is 16.0. The topological polar surface area (TPSA) is 66.5 Å². The van der Waals surface area contributed by atoms with Gasteiger partial charge in [0, 0.05) is 17.3 Å². The lowest BCUT2D eigenvalue weighted by atomic mass is 10.2. The molecule has 0 radical (unpaired) electrons. The van der Waals surface area contributed by atoms with E-state index < -0.39 is 10.0 Å². The first-order chi connectivity index (χ1) is 13.3. The molecular weight excluding hydrogens is 416 g/mol. The first kappa shape index (κ1) is 22.6.